The summed E-state index contributed by atoms with van der Waals surface area (Å²) >= 11 is 0. The molecule has 0 bridgehead atoms. The fourth-order valence-corrected chi connectivity index (χ4v) is 4.23. The second-order valence-corrected chi connectivity index (χ2v) is 8.81. The monoisotopic (exact) mass is 475 g/mol. The Morgan fingerprint density at radius 2 is 1.80 bits per heavy atom. The quantitative estimate of drug-likeness (QED) is 0.555. The minimum atomic E-state index is -0.323. The van der Waals surface area contributed by atoms with E-state index in [9.17, 15) is 14.0 Å². The van der Waals surface area contributed by atoms with Gasteiger partial charge in [-0.05, 0) is 55.7 Å². The molecule has 1 aliphatic rings. The van der Waals surface area contributed by atoms with Crippen molar-refractivity contribution in [2.45, 2.75) is 32.2 Å². The Labute approximate surface area is 205 Å². The molecule has 1 aromatic carbocycles. The molecule has 4 rings (SSSR count). The van der Waals surface area contributed by atoms with Gasteiger partial charge in [0.05, 0.1) is 16.8 Å². The molecule has 1 fully saturated rings. The molecule has 7 nitrogen and oxygen atoms in total. The normalized spacial score (nSPS) is 14.0. The molecule has 0 saturated carbocycles. The Balaban J connectivity index is 1.29. The van der Waals surface area contributed by atoms with Crippen LogP contribution in [0.1, 0.15) is 46.9 Å². The number of aromatic nitrogens is 2. The molecule has 182 valence electrons. The molecule has 3 heterocycles. The lowest BCUT2D eigenvalue weighted by atomic mass is 10.0. The lowest BCUT2D eigenvalue weighted by Crippen LogP contribution is -2.45. The molecule has 35 heavy (non-hydrogen) atoms. The van der Waals surface area contributed by atoms with E-state index in [4.69, 9.17) is 0 Å². The fraction of sp³-hybridized carbons (Fsp3) is 0.333. The molecule has 8 heteroatoms. The van der Waals surface area contributed by atoms with Crippen molar-refractivity contribution in [3.05, 3.63) is 77.9 Å². The number of rotatable bonds is 7. The fourth-order valence-electron chi connectivity index (χ4n) is 4.23. The van der Waals surface area contributed by atoms with Gasteiger partial charge in [-0.15, -0.1) is 0 Å². The van der Waals surface area contributed by atoms with E-state index in [-0.39, 0.29) is 23.7 Å². The third kappa shape index (κ3) is 6.01. The number of benzene rings is 1. The summed E-state index contributed by atoms with van der Waals surface area (Å²) in [7, 11) is 1.80. The maximum Gasteiger partial charge on any atom is 0.255 e. The summed E-state index contributed by atoms with van der Waals surface area (Å²) in [5.74, 6) is 0.322. The topological polar surface area (TPSA) is 78.4 Å². The van der Waals surface area contributed by atoms with Crippen LogP contribution in [0, 0.1) is 5.82 Å². The van der Waals surface area contributed by atoms with Crippen LogP contribution in [-0.2, 0) is 0 Å². The molecular formula is C27H30FN5O2. The molecule has 0 spiro atoms. The van der Waals surface area contributed by atoms with Gasteiger partial charge in [-0.3, -0.25) is 14.6 Å². The van der Waals surface area contributed by atoms with E-state index in [1.807, 2.05) is 19.1 Å². The van der Waals surface area contributed by atoms with E-state index < -0.39 is 0 Å². The van der Waals surface area contributed by atoms with Crippen LogP contribution in [0.4, 0.5) is 10.2 Å². The van der Waals surface area contributed by atoms with Crippen LogP contribution in [0.2, 0.25) is 0 Å². The number of nitrogens with one attached hydrogen (secondary N) is 1. The van der Waals surface area contributed by atoms with Crippen LogP contribution < -0.4 is 10.2 Å². The van der Waals surface area contributed by atoms with Crippen molar-refractivity contribution in [3.63, 3.8) is 0 Å². The van der Waals surface area contributed by atoms with Crippen molar-refractivity contribution < 1.29 is 14.0 Å². The Morgan fingerprint density at radius 3 is 2.43 bits per heavy atom. The molecule has 0 unspecified atom stereocenters. The largest absolute Gasteiger partial charge is 0.356 e. The molecule has 0 radical (unpaired) electrons. The molecule has 1 saturated heterocycles. The number of amides is 2. The van der Waals surface area contributed by atoms with Crippen LogP contribution in [0.25, 0.3) is 11.3 Å². The van der Waals surface area contributed by atoms with Gasteiger partial charge in [-0.25, -0.2) is 9.37 Å². The van der Waals surface area contributed by atoms with Crippen LogP contribution in [-0.4, -0.2) is 59.4 Å². The number of carbonyl (C=O) groups is 2. The predicted octanol–water partition coefficient (Wildman–Crippen LogP) is 4.16. The second kappa shape index (κ2) is 11.1. The summed E-state index contributed by atoms with van der Waals surface area (Å²) < 4.78 is 13.4. The van der Waals surface area contributed by atoms with Crippen molar-refractivity contribution >= 4 is 17.6 Å². The standard InChI is InChI=1S/C27H30FN5O2/c1-3-13-32(2)27(35)21-8-10-25(30-18-21)33-14-11-23(12-15-33)31-26(34)20-7-9-24(29-17-20)19-5-4-6-22(28)16-19/h4-10,16-18,23H,3,11-15H2,1-2H3,(H,31,34). The third-order valence-electron chi connectivity index (χ3n) is 6.20. The smallest absolute Gasteiger partial charge is 0.255 e. The first-order chi connectivity index (χ1) is 16.9. The van der Waals surface area contributed by atoms with E-state index in [0.717, 1.165) is 38.2 Å². The average Bonchev–Trinajstić information content (AvgIpc) is 2.89. The highest BCUT2D eigenvalue weighted by Crippen LogP contribution is 2.20. The summed E-state index contributed by atoms with van der Waals surface area (Å²) in [6, 6.07) is 13.4. The highest BCUT2D eigenvalue weighted by molar-refractivity contribution is 5.94. The number of pyridine rings is 2. The molecule has 0 aliphatic carbocycles. The Hall–Kier alpha value is -3.81. The minimum Gasteiger partial charge on any atom is -0.356 e. The summed E-state index contributed by atoms with van der Waals surface area (Å²) in [5.41, 5.74) is 2.35. The molecule has 2 amide bonds. The first-order valence-electron chi connectivity index (χ1n) is 11.9. The number of piperidine rings is 1. The highest BCUT2D eigenvalue weighted by atomic mass is 19.1. The van der Waals surface area contributed by atoms with Crippen LogP contribution >= 0.6 is 0 Å². The van der Waals surface area contributed by atoms with Gasteiger partial charge in [0.15, 0.2) is 0 Å². The lowest BCUT2D eigenvalue weighted by molar-refractivity contribution is 0.0794. The summed E-state index contributed by atoms with van der Waals surface area (Å²) in [4.78, 5) is 37.8. The molecule has 1 aliphatic heterocycles. The molecular weight excluding hydrogens is 445 g/mol. The number of anilines is 1. The van der Waals surface area contributed by atoms with Crippen molar-refractivity contribution in [2.24, 2.45) is 0 Å². The van der Waals surface area contributed by atoms with Gasteiger partial charge in [-0.1, -0.05) is 19.1 Å². The van der Waals surface area contributed by atoms with E-state index in [2.05, 4.69) is 20.2 Å². The van der Waals surface area contributed by atoms with Crippen molar-refractivity contribution in [2.75, 3.05) is 31.6 Å². The van der Waals surface area contributed by atoms with Crippen LogP contribution in [0.15, 0.2) is 60.9 Å². The van der Waals surface area contributed by atoms with E-state index in [0.29, 0.717) is 28.9 Å². The van der Waals surface area contributed by atoms with E-state index >= 15 is 0 Å². The zero-order valence-electron chi connectivity index (χ0n) is 20.1. The Bertz CT molecular complexity index is 1160. The van der Waals surface area contributed by atoms with Gasteiger partial charge in [0.1, 0.15) is 11.6 Å². The van der Waals surface area contributed by atoms with Crippen LogP contribution in [0.5, 0.6) is 0 Å². The molecule has 2 aromatic heterocycles. The first kappa shape index (κ1) is 24.3. The number of nitrogens with zero attached hydrogens (tertiary/aromatic N) is 4. The third-order valence-corrected chi connectivity index (χ3v) is 6.20. The zero-order chi connectivity index (χ0) is 24.8. The molecule has 0 atom stereocenters. The number of carbonyl (C=O) groups excluding carboxylic acids is 2. The molecule has 3 aromatic rings. The number of hydrogen-bond acceptors (Lipinski definition) is 5. The predicted molar refractivity (Wildman–Crippen MR) is 134 cm³/mol. The van der Waals surface area contributed by atoms with Gasteiger partial charge in [0.25, 0.3) is 11.8 Å². The summed E-state index contributed by atoms with van der Waals surface area (Å²) in [5, 5.41) is 3.09. The maximum absolute atomic E-state index is 13.4. The second-order valence-electron chi connectivity index (χ2n) is 8.81. The van der Waals surface area contributed by atoms with Gasteiger partial charge >= 0.3 is 0 Å². The first-order valence-corrected chi connectivity index (χ1v) is 11.9. The van der Waals surface area contributed by atoms with Gasteiger partial charge < -0.3 is 15.1 Å². The SMILES string of the molecule is CCCN(C)C(=O)c1ccc(N2CCC(NC(=O)c3ccc(-c4cccc(F)c4)nc3)CC2)nc1. The number of halogens is 1. The zero-order valence-corrected chi connectivity index (χ0v) is 20.1. The Morgan fingerprint density at radius 1 is 1.06 bits per heavy atom. The van der Waals surface area contributed by atoms with Gasteiger partial charge in [-0.2, -0.15) is 0 Å². The average molecular weight is 476 g/mol. The highest BCUT2D eigenvalue weighted by Gasteiger charge is 2.22. The Kier molecular flexibility index (Phi) is 7.70. The summed E-state index contributed by atoms with van der Waals surface area (Å²) in [6.07, 6.45) is 5.66. The molecule has 1 N–H and O–H groups in total. The van der Waals surface area contributed by atoms with E-state index in [1.54, 1.807) is 42.4 Å². The lowest BCUT2D eigenvalue weighted by Gasteiger charge is -2.33. The van der Waals surface area contributed by atoms with Crippen molar-refractivity contribution in [3.8, 4) is 11.3 Å². The van der Waals surface area contributed by atoms with Crippen LogP contribution in [0.3, 0.4) is 0 Å². The summed E-state index contributed by atoms with van der Waals surface area (Å²) in [6.45, 7) is 4.28. The van der Waals surface area contributed by atoms with E-state index in [1.165, 1.54) is 18.3 Å². The number of hydrogen-bond donors (Lipinski definition) is 1. The van der Waals surface area contributed by atoms with Crippen molar-refractivity contribution in [1.82, 2.24) is 20.2 Å². The minimum absolute atomic E-state index is 0.0224. The van der Waals surface area contributed by atoms with Gasteiger partial charge in [0, 0.05) is 50.7 Å². The maximum atomic E-state index is 13.4. The van der Waals surface area contributed by atoms with Gasteiger partial charge in [0.2, 0.25) is 0 Å². The van der Waals surface area contributed by atoms with Crippen molar-refractivity contribution in [1.29, 1.82) is 0 Å².